The number of nitrogens with zero attached hydrogens (tertiary/aromatic N) is 2. The summed E-state index contributed by atoms with van der Waals surface area (Å²) in [5.74, 6) is -0.613. The second kappa shape index (κ2) is 6.98. The number of likely N-dealkylation sites (N-methyl/N-ethyl adjacent to an activating group) is 1. The largest absolute Gasteiger partial charge is 0.332 e. The Hall–Kier alpha value is -2.18. The van der Waals surface area contributed by atoms with E-state index in [9.17, 15) is 12.8 Å². The van der Waals surface area contributed by atoms with E-state index in [0.717, 1.165) is 29.4 Å². The summed E-state index contributed by atoms with van der Waals surface area (Å²) in [4.78, 5) is 2.22. The van der Waals surface area contributed by atoms with Crippen LogP contribution in [0.2, 0.25) is 0 Å². The van der Waals surface area contributed by atoms with Crippen molar-refractivity contribution in [1.82, 2.24) is 9.47 Å². The molecule has 1 heterocycles. The van der Waals surface area contributed by atoms with Crippen molar-refractivity contribution < 1.29 is 12.8 Å². The number of halogens is 1. The van der Waals surface area contributed by atoms with Crippen molar-refractivity contribution in [1.29, 1.82) is 0 Å². The molecule has 0 saturated carbocycles. The van der Waals surface area contributed by atoms with Gasteiger partial charge in [0, 0.05) is 23.6 Å². The highest BCUT2D eigenvalue weighted by Gasteiger charge is 2.18. The third-order valence-corrected chi connectivity index (χ3v) is 5.79. The van der Waals surface area contributed by atoms with Crippen LogP contribution in [0.3, 0.4) is 0 Å². The molecule has 0 bridgehead atoms. The minimum Gasteiger partial charge on any atom is -0.332 e. The third kappa shape index (κ3) is 3.91. The van der Waals surface area contributed by atoms with Crippen molar-refractivity contribution >= 4 is 20.7 Å². The van der Waals surface area contributed by atoms with Crippen LogP contribution >= 0.6 is 0 Å². The molecule has 6 heteroatoms. The van der Waals surface area contributed by atoms with Crippen molar-refractivity contribution in [2.24, 2.45) is 0 Å². The summed E-state index contributed by atoms with van der Waals surface area (Å²) in [5.41, 5.74) is 2.01. The van der Waals surface area contributed by atoms with Gasteiger partial charge in [0.2, 0.25) is 0 Å². The average molecular weight is 360 g/mol. The summed E-state index contributed by atoms with van der Waals surface area (Å²) in [5, 5.41) is 1.07. The Balaban J connectivity index is 1.97. The topological polar surface area (TPSA) is 42.3 Å². The third-order valence-electron chi connectivity index (χ3n) is 4.18. The van der Waals surface area contributed by atoms with E-state index in [1.807, 2.05) is 44.6 Å². The van der Waals surface area contributed by atoms with Crippen LogP contribution in [-0.2, 0) is 22.1 Å². The second-order valence-electron chi connectivity index (χ2n) is 6.39. The van der Waals surface area contributed by atoms with E-state index in [0.29, 0.717) is 0 Å². The SMILES string of the molecule is CN(C)CCc1cn(CS(=O)(=O)c2ccc(F)cc2)c2ccccc12. The number of hydrogen-bond acceptors (Lipinski definition) is 3. The number of fused-ring (bicyclic) bond motifs is 1. The second-order valence-corrected chi connectivity index (χ2v) is 8.35. The smallest absolute Gasteiger partial charge is 0.196 e. The van der Waals surface area contributed by atoms with Crippen molar-refractivity contribution in [2.45, 2.75) is 17.2 Å². The van der Waals surface area contributed by atoms with Crippen LogP contribution in [0.1, 0.15) is 5.56 Å². The van der Waals surface area contributed by atoms with Gasteiger partial charge in [0.1, 0.15) is 11.7 Å². The highest BCUT2D eigenvalue weighted by molar-refractivity contribution is 7.90. The summed E-state index contributed by atoms with van der Waals surface area (Å²) in [6.07, 6.45) is 2.76. The van der Waals surface area contributed by atoms with Gasteiger partial charge < -0.3 is 9.47 Å². The maximum Gasteiger partial charge on any atom is 0.196 e. The minimum atomic E-state index is -3.55. The summed E-state index contributed by atoms with van der Waals surface area (Å²) < 4.78 is 40.2. The molecule has 4 nitrogen and oxygen atoms in total. The molecule has 0 radical (unpaired) electrons. The van der Waals surface area contributed by atoms with Crippen LogP contribution < -0.4 is 0 Å². The zero-order chi connectivity index (χ0) is 18.0. The maximum absolute atomic E-state index is 13.1. The number of rotatable bonds is 6. The molecule has 0 saturated heterocycles. The number of benzene rings is 2. The Bertz CT molecular complexity index is 976. The molecule has 0 spiro atoms. The van der Waals surface area contributed by atoms with E-state index in [2.05, 4.69) is 4.90 Å². The van der Waals surface area contributed by atoms with Gasteiger partial charge in [-0.3, -0.25) is 0 Å². The molecule has 0 amide bonds. The fourth-order valence-electron chi connectivity index (χ4n) is 2.87. The first kappa shape index (κ1) is 17.6. The van der Waals surface area contributed by atoms with Gasteiger partial charge in [0.05, 0.1) is 4.90 Å². The minimum absolute atomic E-state index is 0.126. The molecular weight excluding hydrogens is 339 g/mol. The van der Waals surface area contributed by atoms with Gasteiger partial charge in [-0.2, -0.15) is 0 Å². The zero-order valence-electron chi connectivity index (χ0n) is 14.3. The highest BCUT2D eigenvalue weighted by atomic mass is 32.2. The van der Waals surface area contributed by atoms with Gasteiger partial charge in [-0.25, -0.2) is 12.8 Å². The Kier molecular flexibility index (Phi) is 4.92. The normalized spacial score (nSPS) is 12.2. The Morgan fingerprint density at radius 1 is 1.04 bits per heavy atom. The van der Waals surface area contributed by atoms with E-state index in [-0.39, 0.29) is 10.8 Å². The molecule has 0 aliphatic rings. The summed E-state index contributed by atoms with van der Waals surface area (Å²) in [6, 6.07) is 12.8. The van der Waals surface area contributed by atoms with E-state index >= 15 is 0 Å². The standard InChI is InChI=1S/C19H21FN2O2S/c1-21(2)12-11-15-13-22(19-6-4-3-5-18(15)19)14-25(23,24)17-9-7-16(20)8-10-17/h3-10,13H,11-12,14H2,1-2H3. The summed E-state index contributed by atoms with van der Waals surface area (Å²) in [7, 11) is 0.471. The van der Waals surface area contributed by atoms with Crippen molar-refractivity contribution in [2.75, 3.05) is 20.6 Å². The number of para-hydroxylation sites is 1. The number of hydrogen-bond donors (Lipinski definition) is 0. The van der Waals surface area contributed by atoms with Crippen molar-refractivity contribution in [3.05, 3.63) is 66.1 Å². The number of sulfone groups is 1. The van der Waals surface area contributed by atoms with Crippen LogP contribution in [0, 0.1) is 5.82 Å². The predicted molar refractivity (Wildman–Crippen MR) is 97.8 cm³/mol. The Morgan fingerprint density at radius 2 is 1.72 bits per heavy atom. The summed E-state index contributed by atoms with van der Waals surface area (Å²) in [6.45, 7) is 0.888. The molecule has 0 unspecified atom stereocenters. The Labute approximate surface area is 147 Å². The van der Waals surface area contributed by atoms with Crippen LogP contribution in [0.4, 0.5) is 4.39 Å². The van der Waals surface area contributed by atoms with Crippen LogP contribution in [0.15, 0.2) is 59.6 Å². The molecule has 3 rings (SSSR count). The fraction of sp³-hybridized carbons (Fsp3) is 0.263. The maximum atomic E-state index is 13.1. The average Bonchev–Trinajstić information content (AvgIpc) is 2.91. The van der Waals surface area contributed by atoms with Crippen molar-refractivity contribution in [3.63, 3.8) is 0 Å². The number of aromatic nitrogens is 1. The van der Waals surface area contributed by atoms with E-state index in [1.54, 1.807) is 4.57 Å². The molecule has 3 aromatic rings. The van der Waals surface area contributed by atoms with Gasteiger partial charge in [0.15, 0.2) is 9.84 Å². The molecule has 0 aliphatic heterocycles. The highest BCUT2D eigenvalue weighted by Crippen LogP contribution is 2.24. The molecule has 132 valence electrons. The fourth-order valence-corrected chi connectivity index (χ4v) is 4.15. The van der Waals surface area contributed by atoms with Crippen LogP contribution in [0.25, 0.3) is 10.9 Å². The van der Waals surface area contributed by atoms with Gasteiger partial charge >= 0.3 is 0 Å². The molecule has 0 aliphatic carbocycles. The molecule has 25 heavy (non-hydrogen) atoms. The molecule has 2 aromatic carbocycles. The zero-order valence-corrected chi connectivity index (χ0v) is 15.1. The van der Waals surface area contributed by atoms with E-state index < -0.39 is 15.7 Å². The van der Waals surface area contributed by atoms with E-state index in [4.69, 9.17) is 0 Å². The molecule has 0 atom stereocenters. The van der Waals surface area contributed by atoms with E-state index in [1.165, 1.54) is 24.3 Å². The quantitative estimate of drug-likeness (QED) is 0.634. The summed E-state index contributed by atoms with van der Waals surface area (Å²) >= 11 is 0. The lowest BCUT2D eigenvalue weighted by Crippen LogP contribution is -2.15. The first-order chi connectivity index (χ1) is 11.9. The first-order valence-electron chi connectivity index (χ1n) is 8.06. The van der Waals surface area contributed by atoms with Gasteiger partial charge in [-0.15, -0.1) is 0 Å². The lowest BCUT2D eigenvalue weighted by molar-refractivity contribution is 0.414. The molecule has 0 fully saturated rings. The van der Waals surface area contributed by atoms with Crippen molar-refractivity contribution in [3.8, 4) is 0 Å². The molecule has 0 N–H and O–H groups in total. The Morgan fingerprint density at radius 3 is 2.40 bits per heavy atom. The van der Waals surface area contributed by atoms with Gasteiger partial charge in [0.25, 0.3) is 0 Å². The lowest BCUT2D eigenvalue weighted by atomic mass is 10.1. The van der Waals surface area contributed by atoms with Gasteiger partial charge in [-0.1, -0.05) is 18.2 Å². The molecular formula is C19H21FN2O2S. The van der Waals surface area contributed by atoms with Crippen LogP contribution in [0.5, 0.6) is 0 Å². The predicted octanol–water partition coefficient (Wildman–Crippen LogP) is 3.32. The van der Waals surface area contributed by atoms with Gasteiger partial charge in [-0.05, 0) is 56.4 Å². The first-order valence-corrected chi connectivity index (χ1v) is 9.72. The molecule has 1 aromatic heterocycles. The monoisotopic (exact) mass is 360 g/mol. The van der Waals surface area contributed by atoms with Crippen LogP contribution in [-0.4, -0.2) is 38.5 Å². The lowest BCUT2D eigenvalue weighted by Gasteiger charge is -2.08.